The van der Waals surface area contributed by atoms with Crippen LogP contribution >= 0.6 is 11.8 Å². The van der Waals surface area contributed by atoms with E-state index in [0.29, 0.717) is 49.1 Å². The van der Waals surface area contributed by atoms with Crippen molar-refractivity contribution in [3.05, 3.63) is 54.6 Å². The summed E-state index contributed by atoms with van der Waals surface area (Å²) in [4.78, 5) is 13.2. The second kappa shape index (κ2) is 11.6. The lowest BCUT2D eigenvalue weighted by Gasteiger charge is -2.29. The number of carboxylic acid groups (broad SMARTS) is 1. The molecule has 1 N–H and O–H groups in total. The Labute approximate surface area is 208 Å². The molecule has 0 fully saturated rings. The number of para-hydroxylation sites is 1. The summed E-state index contributed by atoms with van der Waals surface area (Å²) in [6.45, 7) is 0.390. The van der Waals surface area contributed by atoms with Gasteiger partial charge in [-0.1, -0.05) is 24.6 Å². The lowest BCUT2D eigenvalue weighted by molar-refractivity contribution is -0.134. The van der Waals surface area contributed by atoms with Crippen molar-refractivity contribution in [1.29, 1.82) is 5.26 Å². The van der Waals surface area contributed by atoms with Crippen molar-refractivity contribution in [2.75, 3.05) is 24.7 Å². The molecular weight excluding hydrogens is 493 g/mol. The van der Waals surface area contributed by atoms with Crippen LogP contribution in [-0.4, -0.2) is 49.7 Å². The molecule has 2 aromatic carbocycles. The third kappa shape index (κ3) is 5.96. The maximum absolute atomic E-state index is 13.7. The van der Waals surface area contributed by atoms with Crippen molar-refractivity contribution in [1.82, 2.24) is 4.31 Å². The Morgan fingerprint density at radius 2 is 2.03 bits per heavy atom. The van der Waals surface area contributed by atoms with Gasteiger partial charge in [0.25, 0.3) is 0 Å². The van der Waals surface area contributed by atoms with Crippen LogP contribution in [0.15, 0.2) is 64.3 Å². The number of unbranched alkanes of at least 4 members (excludes halogenated alkanes) is 2. The predicted octanol–water partition coefficient (Wildman–Crippen LogP) is 4.91. The van der Waals surface area contributed by atoms with Crippen LogP contribution in [0.4, 0.5) is 15.8 Å². The number of carbonyl (C=O) groups is 1. The summed E-state index contributed by atoms with van der Waals surface area (Å²) >= 11 is 1.26. The Morgan fingerprint density at radius 1 is 1.31 bits per heavy atom. The topological polar surface area (TPSA) is 111 Å². The lowest BCUT2D eigenvalue weighted by Crippen LogP contribution is -2.40. The van der Waals surface area contributed by atoms with Crippen molar-refractivity contribution < 1.29 is 27.4 Å². The number of hydrogen-bond acceptors (Lipinski definition) is 7. The number of rotatable bonds is 9. The summed E-state index contributed by atoms with van der Waals surface area (Å²) in [5.41, 5.74) is 1.25. The molecule has 0 saturated carbocycles. The number of carboxylic acids is 1. The van der Waals surface area contributed by atoms with Gasteiger partial charge in [-0.3, -0.25) is 0 Å². The van der Waals surface area contributed by atoms with Gasteiger partial charge >= 0.3 is 5.97 Å². The van der Waals surface area contributed by atoms with Crippen LogP contribution in [0.25, 0.3) is 0 Å². The van der Waals surface area contributed by atoms with Gasteiger partial charge in [-0.05, 0) is 37.3 Å². The molecule has 0 amide bonds. The zero-order chi connectivity index (χ0) is 25.6. The Morgan fingerprint density at radius 3 is 2.66 bits per heavy atom. The van der Waals surface area contributed by atoms with E-state index in [0.717, 1.165) is 5.69 Å². The molecule has 35 heavy (non-hydrogen) atoms. The number of hydrogen-bond donors (Lipinski definition) is 1. The van der Waals surface area contributed by atoms with Crippen LogP contribution in [0.2, 0.25) is 0 Å². The number of anilines is 2. The van der Waals surface area contributed by atoms with E-state index in [-0.39, 0.29) is 16.7 Å². The molecule has 1 unspecified atom stereocenters. The van der Waals surface area contributed by atoms with Gasteiger partial charge in [0, 0.05) is 37.8 Å². The number of nitrogens with zero attached hydrogens (tertiary/aromatic N) is 3. The van der Waals surface area contributed by atoms with E-state index in [4.69, 9.17) is 15.1 Å². The van der Waals surface area contributed by atoms with E-state index >= 15 is 0 Å². The van der Waals surface area contributed by atoms with Crippen LogP contribution in [0.3, 0.4) is 0 Å². The quantitative estimate of drug-likeness (QED) is 0.215. The SMILES string of the molecule is CSc1cc2c(cc1O/C=C(\F)C(=O)O)S(=O)(=O)N(C)C(CCCCC#N)CN2c1ccccc1. The summed E-state index contributed by atoms with van der Waals surface area (Å²) in [6, 6.07) is 14.1. The molecule has 1 heterocycles. The van der Waals surface area contributed by atoms with Gasteiger partial charge in [-0.2, -0.15) is 14.0 Å². The molecule has 1 atom stereocenters. The molecule has 1 aliphatic heterocycles. The Kier molecular flexibility index (Phi) is 8.77. The standard InChI is InChI=1S/C24H26FN3O5S2/c1-27-18(11-7-4-8-12-26)15-28(17-9-5-3-6-10-17)20-13-22(34-2)21(14-23(20)35(27,31)32)33-16-19(25)24(29)30/h3,5-6,9-10,13-14,16,18H,4,7-8,11,15H2,1-2H3,(H,29,30)/b19-16-. The fourth-order valence-corrected chi connectivity index (χ4v) is 5.95. The zero-order valence-corrected chi connectivity index (χ0v) is 21.0. The number of ether oxygens (including phenoxy) is 1. The molecule has 0 aliphatic carbocycles. The molecule has 0 aromatic heterocycles. The summed E-state index contributed by atoms with van der Waals surface area (Å²) in [5.74, 6) is -3.26. The first kappa shape index (κ1) is 26.5. The second-order valence-corrected chi connectivity index (χ2v) is 10.7. The smallest absolute Gasteiger partial charge is 0.368 e. The number of halogens is 1. The van der Waals surface area contributed by atoms with Gasteiger partial charge in [0.1, 0.15) is 16.9 Å². The van der Waals surface area contributed by atoms with Gasteiger partial charge in [-0.25, -0.2) is 13.2 Å². The number of nitriles is 1. The number of thioether (sulfide) groups is 1. The van der Waals surface area contributed by atoms with Crippen LogP contribution in [0.5, 0.6) is 5.75 Å². The van der Waals surface area contributed by atoms with Gasteiger partial charge < -0.3 is 14.7 Å². The summed E-state index contributed by atoms with van der Waals surface area (Å²) in [6.07, 6.45) is 4.55. The van der Waals surface area contributed by atoms with Gasteiger partial charge in [-0.15, -0.1) is 11.8 Å². The average Bonchev–Trinajstić information content (AvgIpc) is 2.93. The van der Waals surface area contributed by atoms with Crippen molar-refractivity contribution in [3.8, 4) is 11.8 Å². The molecule has 3 rings (SSSR count). The highest BCUT2D eigenvalue weighted by Gasteiger charge is 2.37. The third-order valence-electron chi connectivity index (χ3n) is 5.74. The molecule has 2 aromatic rings. The molecule has 0 bridgehead atoms. The largest absolute Gasteiger partial charge is 0.476 e. The van der Waals surface area contributed by atoms with Crippen molar-refractivity contribution in [2.24, 2.45) is 0 Å². The highest BCUT2D eigenvalue weighted by atomic mass is 32.2. The molecule has 186 valence electrons. The normalized spacial score (nSPS) is 17.8. The monoisotopic (exact) mass is 519 g/mol. The highest BCUT2D eigenvalue weighted by Crippen LogP contribution is 2.43. The van der Waals surface area contributed by atoms with Crippen LogP contribution in [0, 0.1) is 11.3 Å². The van der Waals surface area contributed by atoms with Crippen molar-refractivity contribution in [3.63, 3.8) is 0 Å². The summed E-state index contributed by atoms with van der Waals surface area (Å²) in [5, 5.41) is 17.6. The number of fused-ring (bicyclic) bond motifs is 1. The first-order valence-corrected chi connectivity index (χ1v) is 13.5. The number of sulfonamides is 1. The maximum atomic E-state index is 13.7. The van der Waals surface area contributed by atoms with Gasteiger partial charge in [0.15, 0.2) is 0 Å². The van der Waals surface area contributed by atoms with Crippen LogP contribution < -0.4 is 9.64 Å². The molecule has 0 saturated heterocycles. The van der Waals surface area contributed by atoms with E-state index < -0.39 is 21.8 Å². The van der Waals surface area contributed by atoms with Crippen molar-refractivity contribution >= 4 is 39.1 Å². The number of benzene rings is 2. The van der Waals surface area contributed by atoms with Crippen LogP contribution in [0.1, 0.15) is 25.7 Å². The molecule has 0 radical (unpaired) electrons. The molecular formula is C24H26FN3O5S2. The predicted molar refractivity (Wildman–Crippen MR) is 132 cm³/mol. The third-order valence-corrected chi connectivity index (χ3v) is 8.44. The fourth-order valence-electron chi connectivity index (χ4n) is 3.85. The molecule has 11 heteroatoms. The Balaban J connectivity index is 2.15. The zero-order valence-electron chi connectivity index (χ0n) is 19.3. The minimum absolute atomic E-state index is 0.0275. The van der Waals surface area contributed by atoms with E-state index in [2.05, 4.69) is 6.07 Å². The Hall–Kier alpha value is -3.07. The number of likely N-dealkylation sites (N-methyl/N-ethyl adjacent to an activating group) is 1. The molecule has 8 nitrogen and oxygen atoms in total. The first-order valence-electron chi connectivity index (χ1n) is 10.9. The van der Waals surface area contributed by atoms with E-state index in [1.807, 2.05) is 35.2 Å². The average molecular weight is 520 g/mol. The minimum Gasteiger partial charge on any atom is -0.476 e. The number of aliphatic carboxylic acids is 1. The van der Waals surface area contributed by atoms with Gasteiger partial charge in [0.2, 0.25) is 15.9 Å². The van der Waals surface area contributed by atoms with E-state index in [1.165, 1.54) is 29.2 Å². The molecule has 1 aliphatic rings. The fraction of sp³-hybridized carbons (Fsp3) is 0.333. The highest BCUT2D eigenvalue weighted by molar-refractivity contribution is 7.98. The van der Waals surface area contributed by atoms with E-state index in [1.54, 1.807) is 12.3 Å². The van der Waals surface area contributed by atoms with Gasteiger partial charge in [0.05, 0.1) is 16.7 Å². The summed E-state index contributed by atoms with van der Waals surface area (Å²) < 4.78 is 47.6. The maximum Gasteiger partial charge on any atom is 0.368 e. The Bertz CT molecular complexity index is 1250. The van der Waals surface area contributed by atoms with Crippen molar-refractivity contribution in [2.45, 2.75) is 41.5 Å². The summed E-state index contributed by atoms with van der Waals surface area (Å²) in [7, 11) is -2.46. The minimum atomic E-state index is -3.99. The lowest BCUT2D eigenvalue weighted by atomic mass is 10.1. The van der Waals surface area contributed by atoms with E-state index in [9.17, 15) is 17.6 Å². The second-order valence-electron chi connectivity index (χ2n) is 7.88. The first-order chi connectivity index (χ1) is 16.7. The molecule has 0 spiro atoms. The van der Waals surface area contributed by atoms with Crippen LogP contribution in [-0.2, 0) is 14.8 Å².